The van der Waals surface area contributed by atoms with Crippen LogP contribution in [-0.4, -0.2) is 46.2 Å². The second kappa shape index (κ2) is 7.35. The second-order valence-electron chi connectivity index (χ2n) is 6.01. The summed E-state index contributed by atoms with van der Waals surface area (Å²) >= 11 is 0. The molecule has 0 aromatic carbocycles. The maximum atomic E-state index is 12.6. The van der Waals surface area contributed by atoms with E-state index >= 15 is 0 Å². The van der Waals surface area contributed by atoms with Crippen molar-refractivity contribution in [2.24, 2.45) is 5.92 Å². The third kappa shape index (κ3) is 3.80. The Morgan fingerprint density at radius 3 is 2.96 bits per heavy atom. The fraction of sp³-hybridized carbons (Fsp3) is 0.353. The Morgan fingerprint density at radius 2 is 2.24 bits per heavy atom. The Labute approximate surface area is 145 Å². The molecule has 2 atom stereocenters. The highest BCUT2D eigenvalue weighted by Crippen LogP contribution is 2.28. The van der Waals surface area contributed by atoms with Gasteiger partial charge in [0.15, 0.2) is 0 Å². The van der Waals surface area contributed by atoms with Crippen molar-refractivity contribution in [1.82, 2.24) is 15.4 Å². The van der Waals surface area contributed by atoms with E-state index in [4.69, 9.17) is 9.94 Å². The molecule has 8 nitrogen and oxygen atoms in total. The largest absolute Gasteiger partial charge is 0.491 e. The summed E-state index contributed by atoms with van der Waals surface area (Å²) in [5.74, 6) is 0.110. The van der Waals surface area contributed by atoms with Crippen LogP contribution in [0.3, 0.4) is 0 Å². The number of urea groups is 1. The molecule has 1 aromatic rings. The Hall–Kier alpha value is -2.87. The highest BCUT2D eigenvalue weighted by atomic mass is 16.5. The van der Waals surface area contributed by atoms with E-state index in [1.54, 1.807) is 40.9 Å². The number of carbonyl (C=O) groups excluding carboxylic acids is 2. The van der Waals surface area contributed by atoms with Gasteiger partial charge in [0, 0.05) is 11.8 Å². The highest BCUT2D eigenvalue weighted by molar-refractivity contribution is 5.89. The Kier molecular flexibility index (Phi) is 4.99. The average Bonchev–Trinajstić information content (AvgIpc) is 2.80. The summed E-state index contributed by atoms with van der Waals surface area (Å²) in [7, 11) is 0. The SMILES string of the molecule is C[C@H]1COC2=CC(C(=O)NO)CC=C2CN1C(=O)Nc1ccccn1. The van der Waals surface area contributed by atoms with Crippen LogP contribution in [0.25, 0.3) is 0 Å². The van der Waals surface area contributed by atoms with Gasteiger partial charge in [-0.05, 0) is 31.6 Å². The maximum absolute atomic E-state index is 12.6. The van der Waals surface area contributed by atoms with Gasteiger partial charge in [0.05, 0.1) is 18.5 Å². The van der Waals surface area contributed by atoms with Crippen LogP contribution in [-0.2, 0) is 9.53 Å². The Bertz CT molecular complexity index is 717. The molecule has 2 aliphatic rings. The van der Waals surface area contributed by atoms with Crippen molar-refractivity contribution in [2.45, 2.75) is 19.4 Å². The predicted octanol–water partition coefficient (Wildman–Crippen LogP) is 1.67. The number of carbonyl (C=O) groups is 2. The first kappa shape index (κ1) is 17.0. The number of anilines is 1. The van der Waals surface area contributed by atoms with Crippen LogP contribution in [0.2, 0.25) is 0 Å². The Morgan fingerprint density at radius 1 is 1.40 bits per heavy atom. The summed E-state index contributed by atoms with van der Waals surface area (Å²) in [5.41, 5.74) is 2.51. The van der Waals surface area contributed by atoms with Crippen molar-refractivity contribution in [3.8, 4) is 0 Å². The number of nitrogens with one attached hydrogen (secondary N) is 2. The first-order valence-electron chi connectivity index (χ1n) is 8.05. The zero-order chi connectivity index (χ0) is 17.8. The summed E-state index contributed by atoms with van der Waals surface area (Å²) in [6.07, 6.45) is 5.61. The maximum Gasteiger partial charge on any atom is 0.323 e. The number of hydrogen-bond acceptors (Lipinski definition) is 5. The van der Waals surface area contributed by atoms with Gasteiger partial charge in [-0.3, -0.25) is 15.3 Å². The summed E-state index contributed by atoms with van der Waals surface area (Å²) in [6, 6.07) is 4.89. The number of fused-ring (bicyclic) bond motifs is 1. The molecule has 0 saturated carbocycles. The minimum Gasteiger partial charge on any atom is -0.491 e. The van der Waals surface area contributed by atoms with Gasteiger partial charge in [-0.15, -0.1) is 0 Å². The van der Waals surface area contributed by atoms with Crippen LogP contribution in [0.4, 0.5) is 10.6 Å². The predicted molar refractivity (Wildman–Crippen MR) is 89.6 cm³/mol. The van der Waals surface area contributed by atoms with E-state index < -0.39 is 11.8 Å². The second-order valence-corrected chi connectivity index (χ2v) is 6.01. The quantitative estimate of drug-likeness (QED) is 0.559. The van der Waals surface area contributed by atoms with Gasteiger partial charge in [-0.25, -0.2) is 15.3 Å². The molecule has 0 spiro atoms. The standard InChI is InChI=1S/C17H20N4O4/c1-11-10-25-14-8-12(16(22)20-24)5-6-13(14)9-21(11)17(23)19-15-4-2-3-7-18-15/h2-4,6-8,11-12,24H,5,9-10H2,1H3,(H,20,22)(H,18,19,23)/t11-,12?/m0/s1. The molecule has 1 fully saturated rings. The topological polar surface area (TPSA) is 104 Å². The number of hydrogen-bond donors (Lipinski definition) is 3. The molecule has 8 heteroatoms. The van der Waals surface area contributed by atoms with Crippen LogP contribution >= 0.6 is 0 Å². The number of ether oxygens (including phenoxy) is 1. The van der Waals surface area contributed by atoms with Crippen molar-refractivity contribution < 1.29 is 19.5 Å². The zero-order valence-corrected chi connectivity index (χ0v) is 13.8. The van der Waals surface area contributed by atoms with Crippen molar-refractivity contribution in [3.63, 3.8) is 0 Å². The molecule has 132 valence electrons. The smallest absolute Gasteiger partial charge is 0.323 e. The van der Waals surface area contributed by atoms with E-state index in [1.165, 1.54) is 0 Å². The lowest BCUT2D eigenvalue weighted by molar-refractivity contribution is -0.131. The lowest BCUT2D eigenvalue weighted by atomic mass is 9.94. The van der Waals surface area contributed by atoms with Crippen molar-refractivity contribution in [2.75, 3.05) is 18.5 Å². The van der Waals surface area contributed by atoms with E-state index in [0.717, 1.165) is 5.57 Å². The molecule has 3 amide bonds. The van der Waals surface area contributed by atoms with Crippen LogP contribution in [0.1, 0.15) is 13.3 Å². The number of aromatic nitrogens is 1. The third-order valence-corrected chi connectivity index (χ3v) is 4.25. The highest BCUT2D eigenvalue weighted by Gasteiger charge is 2.30. The van der Waals surface area contributed by atoms with E-state index in [9.17, 15) is 9.59 Å². The van der Waals surface area contributed by atoms with E-state index in [2.05, 4.69) is 10.3 Å². The van der Waals surface area contributed by atoms with E-state index in [-0.39, 0.29) is 12.1 Å². The minimum atomic E-state index is -0.479. The zero-order valence-electron chi connectivity index (χ0n) is 13.8. The van der Waals surface area contributed by atoms with Crippen molar-refractivity contribution >= 4 is 17.8 Å². The number of amides is 3. The van der Waals surface area contributed by atoms with Gasteiger partial charge in [0.1, 0.15) is 18.2 Å². The van der Waals surface area contributed by atoms with Crippen LogP contribution < -0.4 is 10.8 Å². The lowest BCUT2D eigenvalue weighted by Crippen LogP contribution is -2.43. The molecule has 1 saturated heterocycles. The molecule has 1 unspecified atom stereocenters. The summed E-state index contributed by atoms with van der Waals surface area (Å²) in [6.45, 7) is 2.58. The first-order chi connectivity index (χ1) is 12.1. The number of allylic oxidation sites excluding steroid dienone is 1. The van der Waals surface area contributed by atoms with Crippen LogP contribution in [0.15, 0.2) is 47.9 Å². The molecule has 0 bridgehead atoms. The number of pyridine rings is 1. The average molecular weight is 344 g/mol. The molecule has 2 heterocycles. The van der Waals surface area contributed by atoms with Crippen LogP contribution in [0.5, 0.6) is 0 Å². The summed E-state index contributed by atoms with van der Waals surface area (Å²) in [5, 5.41) is 11.6. The van der Waals surface area contributed by atoms with E-state index in [1.807, 2.05) is 13.0 Å². The number of hydroxylamine groups is 1. The number of rotatable bonds is 2. The normalized spacial score (nSPS) is 22.6. The molecule has 1 aromatic heterocycles. The van der Waals surface area contributed by atoms with Gasteiger partial charge in [0.25, 0.3) is 5.91 Å². The summed E-state index contributed by atoms with van der Waals surface area (Å²) < 4.78 is 5.77. The lowest BCUT2D eigenvalue weighted by Gasteiger charge is -2.26. The fourth-order valence-corrected chi connectivity index (χ4v) is 2.81. The van der Waals surface area contributed by atoms with E-state index in [0.29, 0.717) is 31.1 Å². The molecule has 3 rings (SSSR count). The van der Waals surface area contributed by atoms with Gasteiger partial charge >= 0.3 is 6.03 Å². The molecule has 0 radical (unpaired) electrons. The molecule has 1 aliphatic carbocycles. The van der Waals surface area contributed by atoms with Gasteiger partial charge < -0.3 is 9.64 Å². The number of nitrogens with zero attached hydrogens (tertiary/aromatic N) is 2. The minimum absolute atomic E-state index is 0.152. The molecular formula is C17H20N4O4. The first-order valence-corrected chi connectivity index (χ1v) is 8.05. The molecular weight excluding hydrogens is 324 g/mol. The third-order valence-electron chi connectivity index (χ3n) is 4.25. The van der Waals surface area contributed by atoms with Crippen LogP contribution in [0, 0.1) is 5.92 Å². The van der Waals surface area contributed by atoms with Crippen molar-refractivity contribution in [3.05, 3.63) is 47.9 Å². The summed E-state index contributed by atoms with van der Waals surface area (Å²) in [4.78, 5) is 30.0. The monoisotopic (exact) mass is 344 g/mol. The molecule has 25 heavy (non-hydrogen) atoms. The molecule has 1 aliphatic heterocycles. The van der Waals surface area contributed by atoms with Crippen molar-refractivity contribution in [1.29, 1.82) is 0 Å². The fourth-order valence-electron chi connectivity index (χ4n) is 2.81. The van der Waals surface area contributed by atoms with Gasteiger partial charge in [0.2, 0.25) is 0 Å². The van der Waals surface area contributed by atoms with Gasteiger partial charge in [-0.1, -0.05) is 12.1 Å². The van der Waals surface area contributed by atoms with Gasteiger partial charge in [-0.2, -0.15) is 0 Å². The molecule has 3 N–H and O–H groups in total. The Balaban J connectivity index is 1.74.